The first kappa shape index (κ1) is 22.0. The molecule has 4 aromatic rings. The standard InChI is InChI=1S/C19H13ClF3N9O/c1-7(27-16-10(6-24)15(25)29-17(30-16)14(22)23)18-28-13-9(4-8(21)5-11(13)20)19(33)32(18)12-2-3-26-31-12/h2-5,7,14H,1H3,(H,26,31)(H3,25,27,29,30)/t7-/m0/s1. The van der Waals surface area contributed by atoms with Crippen molar-refractivity contribution in [3.63, 3.8) is 0 Å². The van der Waals surface area contributed by atoms with E-state index in [-0.39, 0.29) is 38.9 Å². The molecule has 0 saturated heterocycles. The van der Waals surface area contributed by atoms with Gasteiger partial charge in [0.2, 0.25) is 0 Å². The average Bonchev–Trinajstić information content (AvgIpc) is 3.28. The van der Waals surface area contributed by atoms with Crippen LogP contribution in [0.15, 0.2) is 29.2 Å². The first-order chi connectivity index (χ1) is 15.7. The number of anilines is 2. The number of H-pyrrole nitrogens is 1. The highest BCUT2D eigenvalue weighted by Gasteiger charge is 2.24. The van der Waals surface area contributed by atoms with E-state index in [0.29, 0.717) is 0 Å². The van der Waals surface area contributed by atoms with E-state index in [9.17, 15) is 23.2 Å². The lowest BCUT2D eigenvalue weighted by atomic mass is 10.2. The molecule has 14 heteroatoms. The number of rotatable bonds is 5. The fourth-order valence-corrected chi connectivity index (χ4v) is 3.45. The molecule has 0 bridgehead atoms. The summed E-state index contributed by atoms with van der Waals surface area (Å²) in [5.74, 6) is -2.07. The Morgan fingerprint density at radius 3 is 2.70 bits per heavy atom. The number of aromatic nitrogens is 6. The molecule has 0 aliphatic rings. The van der Waals surface area contributed by atoms with Crippen molar-refractivity contribution in [3.05, 3.63) is 62.8 Å². The summed E-state index contributed by atoms with van der Waals surface area (Å²) in [6, 6.07) is 4.34. The molecule has 0 amide bonds. The Morgan fingerprint density at radius 1 is 1.30 bits per heavy atom. The molecule has 4 rings (SSSR count). The first-order valence-electron chi connectivity index (χ1n) is 9.25. The quantitative estimate of drug-likeness (QED) is 0.398. The first-order valence-corrected chi connectivity index (χ1v) is 9.62. The molecule has 3 heterocycles. The lowest BCUT2D eigenvalue weighted by Gasteiger charge is -2.20. The normalized spacial score (nSPS) is 12.2. The largest absolute Gasteiger partial charge is 0.382 e. The van der Waals surface area contributed by atoms with Crippen LogP contribution in [0.4, 0.5) is 24.8 Å². The van der Waals surface area contributed by atoms with E-state index >= 15 is 0 Å². The van der Waals surface area contributed by atoms with Gasteiger partial charge in [0.1, 0.15) is 34.9 Å². The minimum atomic E-state index is -3.04. The van der Waals surface area contributed by atoms with Crippen LogP contribution in [0, 0.1) is 17.1 Å². The second-order valence-corrected chi connectivity index (χ2v) is 7.21. The van der Waals surface area contributed by atoms with Crippen LogP contribution < -0.4 is 16.6 Å². The zero-order valence-electron chi connectivity index (χ0n) is 16.6. The summed E-state index contributed by atoms with van der Waals surface area (Å²) in [6.45, 7) is 1.54. The van der Waals surface area contributed by atoms with E-state index in [2.05, 4.69) is 30.5 Å². The zero-order chi connectivity index (χ0) is 23.9. The predicted molar refractivity (Wildman–Crippen MR) is 113 cm³/mol. The molecule has 1 atom stereocenters. The molecule has 0 saturated carbocycles. The molecule has 0 radical (unpaired) electrons. The maximum absolute atomic E-state index is 13.9. The van der Waals surface area contributed by atoms with E-state index < -0.39 is 35.5 Å². The van der Waals surface area contributed by atoms with Gasteiger partial charge in [-0.3, -0.25) is 9.89 Å². The monoisotopic (exact) mass is 475 g/mol. The average molecular weight is 476 g/mol. The van der Waals surface area contributed by atoms with Crippen molar-refractivity contribution in [1.82, 2.24) is 29.7 Å². The summed E-state index contributed by atoms with van der Waals surface area (Å²) in [6.07, 6.45) is -1.65. The maximum atomic E-state index is 13.9. The van der Waals surface area contributed by atoms with Crippen molar-refractivity contribution in [2.75, 3.05) is 11.1 Å². The second-order valence-electron chi connectivity index (χ2n) is 6.81. The molecule has 0 spiro atoms. The molecule has 168 valence electrons. The fourth-order valence-electron chi connectivity index (χ4n) is 3.21. The number of nitriles is 1. The Morgan fingerprint density at radius 2 is 2.06 bits per heavy atom. The zero-order valence-corrected chi connectivity index (χ0v) is 17.4. The van der Waals surface area contributed by atoms with E-state index in [1.165, 1.54) is 12.3 Å². The highest BCUT2D eigenvalue weighted by atomic mass is 35.5. The van der Waals surface area contributed by atoms with Crippen molar-refractivity contribution in [3.8, 4) is 11.9 Å². The van der Waals surface area contributed by atoms with Gasteiger partial charge < -0.3 is 11.1 Å². The van der Waals surface area contributed by atoms with Gasteiger partial charge >= 0.3 is 0 Å². The summed E-state index contributed by atoms with van der Waals surface area (Å²) in [5.41, 5.74) is 4.74. The highest BCUT2D eigenvalue weighted by Crippen LogP contribution is 2.28. The molecule has 0 aliphatic carbocycles. The Bertz CT molecular complexity index is 1460. The number of fused-ring (bicyclic) bond motifs is 1. The number of nitrogens with two attached hydrogens (primary N) is 1. The van der Waals surface area contributed by atoms with Crippen molar-refractivity contribution in [2.24, 2.45) is 0 Å². The number of aromatic amines is 1. The van der Waals surface area contributed by atoms with Gasteiger partial charge in [0.15, 0.2) is 11.6 Å². The molecule has 0 aliphatic heterocycles. The van der Waals surface area contributed by atoms with Crippen LogP contribution in [0.5, 0.6) is 0 Å². The highest BCUT2D eigenvalue weighted by molar-refractivity contribution is 6.35. The summed E-state index contributed by atoms with van der Waals surface area (Å²) >= 11 is 6.12. The molecule has 3 aromatic heterocycles. The Kier molecular flexibility index (Phi) is 5.60. The third-order valence-electron chi connectivity index (χ3n) is 4.65. The van der Waals surface area contributed by atoms with Crippen LogP contribution in [0.2, 0.25) is 5.02 Å². The van der Waals surface area contributed by atoms with Gasteiger partial charge in [0.05, 0.1) is 28.2 Å². The molecular weight excluding hydrogens is 463 g/mol. The number of hydrogen-bond donors (Lipinski definition) is 3. The molecule has 0 unspecified atom stereocenters. The number of halogens is 4. The van der Waals surface area contributed by atoms with Crippen LogP contribution in [-0.4, -0.2) is 29.7 Å². The van der Waals surface area contributed by atoms with E-state index in [1.807, 2.05) is 0 Å². The lowest BCUT2D eigenvalue weighted by molar-refractivity contribution is 0.140. The van der Waals surface area contributed by atoms with Gasteiger partial charge in [-0.2, -0.15) is 10.4 Å². The predicted octanol–water partition coefficient (Wildman–Crippen LogP) is 3.26. The lowest BCUT2D eigenvalue weighted by Crippen LogP contribution is -2.28. The van der Waals surface area contributed by atoms with E-state index in [4.69, 9.17) is 17.3 Å². The van der Waals surface area contributed by atoms with Gasteiger partial charge in [-0.15, -0.1) is 0 Å². The van der Waals surface area contributed by atoms with E-state index in [1.54, 1.807) is 13.0 Å². The van der Waals surface area contributed by atoms with Gasteiger partial charge in [-0.25, -0.2) is 32.7 Å². The Labute approximate surface area is 187 Å². The minimum absolute atomic E-state index is 0.0264. The van der Waals surface area contributed by atoms with Crippen molar-refractivity contribution >= 4 is 34.1 Å². The topological polar surface area (TPSA) is 151 Å². The van der Waals surface area contributed by atoms with Crippen LogP contribution in [0.25, 0.3) is 16.7 Å². The van der Waals surface area contributed by atoms with Gasteiger partial charge in [-0.05, 0) is 19.1 Å². The number of alkyl halides is 2. The number of nitrogens with zero attached hydrogens (tertiary/aromatic N) is 6. The number of nitrogens with one attached hydrogen (secondary N) is 2. The molecule has 1 aromatic carbocycles. The van der Waals surface area contributed by atoms with Crippen LogP contribution in [0.3, 0.4) is 0 Å². The molecule has 4 N–H and O–H groups in total. The summed E-state index contributed by atoms with van der Waals surface area (Å²) < 4.78 is 41.4. The number of nitrogen functional groups attached to an aromatic ring is 1. The van der Waals surface area contributed by atoms with Crippen molar-refractivity contribution in [2.45, 2.75) is 19.4 Å². The molecule has 33 heavy (non-hydrogen) atoms. The molecular formula is C19H13ClF3N9O. The van der Waals surface area contributed by atoms with Gasteiger partial charge in [0.25, 0.3) is 12.0 Å². The van der Waals surface area contributed by atoms with Crippen LogP contribution in [-0.2, 0) is 0 Å². The third-order valence-corrected chi connectivity index (χ3v) is 4.93. The smallest absolute Gasteiger partial charge is 0.297 e. The van der Waals surface area contributed by atoms with Crippen molar-refractivity contribution in [1.29, 1.82) is 5.26 Å². The molecule has 0 fully saturated rings. The fraction of sp³-hybridized carbons (Fsp3) is 0.158. The summed E-state index contributed by atoms with van der Waals surface area (Å²) in [4.78, 5) is 24.8. The van der Waals surface area contributed by atoms with Gasteiger partial charge in [0, 0.05) is 6.07 Å². The number of benzene rings is 1. The van der Waals surface area contributed by atoms with Gasteiger partial charge in [-0.1, -0.05) is 11.6 Å². The second kappa shape index (κ2) is 8.40. The third kappa shape index (κ3) is 3.92. The summed E-state index contributed by atoms with van der Waals surface area (Å²) in [5, 5.41) is 18.4. The maximum Gasteiger partial charge on any atom is 0.297 e. The SMILES string of the molecule is C[C@H](Nc1nc(C(F)F)nc(N)c1C#N)c1nc2c(Cl)cc(F)cc2c(=O)n1-c1ccn[nH]1. The molecule has 10 nitrogen and oxygen atoms in total. The van der Waals surface area contributed by atoms with E-state index in [0.717, 1.165) is 16.7 Å². The number of hydrogen-bond acceptors (Lipinski definition) is 8. The van der Waals surface area contributed by atoms with Crippen LogP contribution in [0.1, 0.15) is 36.6 Å². The Balaban J connectivity index is 1.93. The van der Waals surface area contributed by atoms with Crippen molar-refractivity contribution < 1.29 is 13.2 Å². The minimum Gasteiger partial charge on any atom is -0.382 e. The van der Waals surface area contributed by atoms with Crippen LogP contribution >= 0.6 is 11.6 Å². The summed E-state index contributed by atoms with van der Waals surface area (Å²) in [7, 11) is 0. The Hall–Kier alpha value is -4.18.